The molecule has 1 aromatic carbocycles. The second-order valence-electron chi connectivity index (χ2n) is 9.69. The van der Waals surface area contributed by atoms with Crippen LogP contribution in [0.4, 0.5) is 0 Å². The number of aliphatic hydroxyl groups is 1. The molecule has 2 amide bonds. The highest BCUT2D eigenvalue weighted by Gasteiger charge is 2.79. The summed E-state index contributed by atoms with van der Waals surface area (Å²) in [6, 6.07) is 8.79. The molecular formula is C27H36N2O6. The van der Waals surface area contributed by atoms with Gasteiger partial charge in [0, 0.05) is 26.2 Å². The number of likely N-dealkylation sites (tertiary alicyclic amines) is 1. The lowest BCUT2D eigenvalue weighted by Crippen LogP contribution is -2.56. The van der Waals surface area contributed by atoms with E-state index >= 15 is 0 Å². The molecule has 3 heterocycles. The van der Waals surface area contributed by atoms with Crippen molar-refractivity contribution in [3.8, 4) is 0 Å². The van der Waals surface area contributed by atoms with E-state index in [1.807, 2.05) is 37.3 Å². The van der Waals surface area contributed by atoms with Crippen molar-refractivity contribution in [3.63, 3.8) is 0 Å². The Hall–Kier alpha value is -2.71. The number of ether oxygens (including phenoxy) is 2. The maximum absolute atomic E-state index is 14.2. The Morgan fingerprint density at radius 3 is 2.66 bits per heavy atom. The molecule has 8 nitrogen and oxygen atoms in total. The number of amides is 2. The first-order valence-corrected chi connectivity index (χ1v) is 12.6. The summed E-state index contributed by atoms with van der Waals surface area (Å²) in [6.45, 7) is 8.53. The van der Waals surface area contributed by atoms with E-state index in [1.165, 1.54) is 0 Å². The Bertz CT molecular complexity index is 968. The molecule has 0 saturated carbocycles. The molecule has 2 unspecified atom stereocenters. The van der Waals surface area contributed by atoms with Crippen molar-refractivity contribution in [1.29, 1.82) is 0 Å². The molecule has 5 atom stereocenters. The fourth-order valence-electron chi connectivity index (χ4n) is 6.43. The van der Waals surface area contributed by atoms with Gasteiger partial charge in [-0.15, -0.1) is 6.58 Å². The largest absolute Gasteiger partial charge is 0.466 e. The maximum Gasteiger partial charge on any atom is 0.312 e. The summed E-state index contributed by atoms with van der Waals surface area (Å²) in [4.78, 5) is 44.4. The Morgan fingerprint density at radius 1 is 1.29 bits per heavy atom. The molecule has 8 heteroatoms. The zero-order valence-corrected chi connectivity index (χ0v) is 20.7. The van der Waals surface area contributed by atoms with E-state index in [0.717, 1.165) is 5.56 Å². The fourth-order valence-corrected chi connectivity index (χ4v) is 6.43. The molecule has 1 N–H and O–H groups in total. The van der Waals surface area contributed by atoms with Crippen molar-refractivity contribution in [2.45, 2.75) is 63.3 Å². The Balaban J connectivity index is 1.75. The summed E-state index contributed by atoms with van der Waals surface area (Å²) < 4.78 is 12.1. The first-order valence-electron chi connectivity index (χ1n) is 12.6. The van der Waals surface area contributed by atoms with Gasteiger partial charge < -0.3 is 24.4 Å². The van der Waals surface area contributed by atoms with Gasteiger partial charge in [-0.05, 0) is 38.2 Å². The Kier molecular flexibility index (Phi) is 7.33. The topological polar surface area (TPSA) is 96.4 Å². The number of fused-ring (bicyclic) bond motifs is 1. The minimum absolute atomic E-state index is 0.107. The highest BCUT2D eigenvalue weighted by Crippen LogP contribution is 2.64. The summed E-state index contributed by atoms with van der Waals surface area (Å²) in [6.07, 6.45) is 3.68. The van der Waals surface area contributed by atoms with Gasteiger partial charge >= 0.3 is 5.97 Å². The SMILES string of the molecule is C=CCN(Cc1ccccc1)C(=O)C1N(CCCO)C(=O)[C@@H]2[C@H](C(=O)OCC)[C@]3(CC)CCC12O3. The van der Waals surface area contributed by atoms with Crippen LogP contribution < -0.4 is 0 Å². The number of carbonyl (C=O) groups is 3. The highest BCUT2D eigenvalue weighted by atomic mass is 16.6. The second-order valence-corrected chi connectivity index (χ2v) is 9.69. The molecule has 0 radical (unpaired) electrons. The van der Waals surface area contributed by atoms with Crippen molar-refractivity contribution in [2.24, 2.45) is 11.8 Å². The maximum atomic E-state index is 14.2. The van der Waals surface area contributed by atoms with E-state index < -0.39 is 35.0 Å². The quantitative estimate of drug-likeness (QED) is 0.383. The lowest BCUT2D eigenvalue weighted by molar-refractivity contribution is -0.161. The van der Waals surface area contributed by atoms with Gasteiger partial charge in [0.25, 0.3) is 0 Å². The molecule has 3 saturated heterocycles. The van der Waals surface area contributed by atoms with Gasteiger partial charge in [-0.3, -0.25) is 14.4 Å². The standard InChI is InChI=1S/C27H36N2O6/c1-4-15-28(18-19-11-8-7-9-12-19)24(32)22-27-14-13-26(5-2,35-27)21(25(33)34-6-3)20(27)23(31)29(22)16-10-17-30/h4,7-9,11-12,20-22,30H,1,5-6,10,13-18H2,2-3H3/t20-,21+,22?,26-,27?/m0/s1. The smallest absolute Gasteiger partial charge is 0.312 e. The van der Waals surface area contributed by atoms with Crippen LogP contribution in [-0.4, -0.2) is 76.2 Å². The normalized spacial score (nSPS) is 30.9. The number of carbonyl (C=O) groups excluding carboxylic acids is 3. The molecule has 2 bridgehead atoms. The first-order chi connectivity index (χ1) is 16.9. The lowest BCUT2D eigenvalue weighted by Gasteiger charge is -2.37. The molecule has 0 aromatic heterocycles. The van der Waals surface area contributed by atoms with Crippen LogP contribution in [0.3, 0.4) is 0 Å². The molecule has 3 aliphatic heterocycles. The zero-order chi connectivity index (χ0) is 25.2. The van der Waals surface area contributed by atoms with Gasteiger partial charge in [-0.2, -0.15) is 0 Å². The van der Waals surface area contributed by atoms with Crippen LogP contribution >= 0.6 is 0 Å². The molecule has 1 aromatic rings. The van der Waals surface area contributed by atoms with E-state index in [0.29, 0.717) is 38.8 Å². The van der Waals surface area contributed by atoms with Crippen molar-refractivity contribution in [3.05, 3.63) is 48.6 Å². The van der Waals surface area contributed by atoms with Crippen molar-refractivity contribution in [1.82, 2.24) is 9.80 Å². The zero-order valence-electron chi connectivity index (χ0n) is 20.7. The number of nitrogens with zero attached hydrogens (tertiary/aromatic N) is 2. The number of benzene rings is 1. The van der Waals surface area contributed by atoms with Gasteiger partial charge in [0.1, 0.15) is 17.6 Å². The number of aliphatic hydroxyl groups excluding tert-OH is 1. The average molecular weight is 485 g/mol. The van der Waals surface area contributed by atoms with E-state index in [4.69, 9.17) is 9.47 Å². The molecule has 0 aliphatic carbocycles. The fraction of sp³-hybridized carbons (Fsp3) is 0.593. The molecule has 3 fully saturated rings. The predicted octanol–water partition coefficient (Wildman–Crippen LogP) is 2.30. The summed E-state index contributed by atoms with van der Waals surface area (Å²) in [7, 11) is 0. The summed E-state index contributed by atoms with van der Waals surface area (Å²) >= 11 is 0. The van der Waals surface area contributed by atoms with Gasteiger partial charge in [-0.1, -0.05) is 43.3 Å². The second kappa shape index (κ2) is 10.1. The van der Waals surface area contributed by atoms with E-state index in [-0.39, 0.29) is 31.6 Å². The Labute approximate surface area is 206 Å². The van der Waals surface area contributed by atoms with Gasteiger partial charge in [0.15, 0.2) is 0 Å². The number of esters is 1. The molecule has 1 spiro atoms. The highest BCUT2D eigenvalue weighted by molar-refractivity contribution is 5.98. The molecular weight excluding hydrogens is 448 g/mol. The van der Waals surface area contributed by atoms with Crippen molar-refractivity contribution < 1.29 is 29.0 Å². The van der Waals surface area contributed by atoms with Gasteiger partial charge in [-0.25, -0.2) is 0 Å². The van der Waals surface area contributed by atoms with Crippen molar-refractivity contribution in [2.75, 3.05) is 26.3 Å². The van der Waals surface area contributed by atoms with Crippen LogP contribution in [0.15, 0.2) is 43.0 Å². The summed E-state index contributed by atoms with van der Waals surface area (Å²) in [5.74, 6) is -2.44. The number of rotatable bonds is 11. The van der Waals surface area contributed by atoms with Crippen LogP contribution in [0.25, 0.3) is 0 Å². The molecule has 35 heavy (non-hydrogen) atoms. The van der Waals surface area contributed by atoms with Crippen LogP contribution in [0.1, 0.15) is 45.1 Å². The van der Waals surface area contributed by atoms with Gasteiger partial charge in [0.05, 0.1) is 18.1 Å². The van der Waals surface area contributed by atoms with E-state index in [2.05, 4.69) is 6.58 Å². The molecule has 190 valence electrons. The predicted molar refractivity (Wildman–Crippen MR) is 129 cm³/mol. The minimum atomic E-state index is -1.09. The van der Waals surface area contributed by atoms with E-state index in [9.17, 15) is 19.5 Å². The molecule has 4 rings (SSSR count). The lowest BCUT2D eigenvalue weighted by atomic mass is 9.65. The third-order valence-corrected chi connectivity index (χ3v) is 7.89. The number of hydrogen-bond donors (Lipinski definition) is 1. The van der Waals surface area contributed by atoms with Crippen LogP contribution in [-0.2, 0) is 30.4 Å². The third-order valence-electron chi connectivity index (χ3n) is 7.89. The first kappa shape index (κ1) is 25.4. The monoisotopic (exact) mass is 484 g/mol. The van der Waals surface area contributed by atoms with Crippen LogP contribution in [0.5, 0.6) is 0 Å². The minimum Gasteiger partial charge on any atom is -0.466 e. The van der Waals surface area contributed by atoms with Crippen LogP contribution in [0.2, 0.25) is 0 Å². The van der Waals surface area contributed by atoms with Crippen molar-refractivity contribution >= 4 is 17.8 Å². The molecule has 3 aliphatic rings. The van der Waals surface area contributed by atoms with E-state index in [1.54, 1.807) is 22.8 Å². The third kappa shape index (κ3) is 4.06. The average Bonchev–Trinajstić information content (AvgIpc) is 3.46. The Morgan fingerprint density at radius 2 is 2.03 bits per heavy atom. The number of hydrogen-bond acceptors (Lipinski definition) is 6. The van der Waals surface area contributed by atoms with Crippen LogP contribution in [0, 0.1) is 11.8 Å². The van der Waals surface area contributed by atoms with Gasteiger partial charge in [0.2, 0.25) is 11.8 Å². The summed E-state index contributed by atoms with van der Waals surface area (Å²) in [5, 5.41) is 9.50. The summed E-state index contributed by atoms with van der Waals surface area (Å²) in [5.41, 5.74) is -0.932.